The van der Waals surface area contributed by atoms with Crippen molar-refractivity contribution in [2.24, 2.45) is 0 Å². The summed E-state index contributed by atoms with van der Waals surface area (Å²) in [6.45, 7) is 1.21. The standard InChI is InChI=1S/C12H20BrN3O3S/c1-14-7-4-8-16(2)20(17,18)15-12-9-10(19-3)5-6-11(12)13/h5-6,9,14-15H,4,7-8H2,1-3H3. The van der Waals surface area contributed by atoms with E-state index in [9.17, 15) is 8.42 Å². The number of halogens is 1. The van der Waals surface area contributed by atoms with E-state index in [0.717, 1.165) is 13.0 Å². The van der Waals surface area contributed by atoms with Crippen LogP contribution in [0.4, 0.5) is 5.69 Å². The second kappa shape index (κ2) is 7.82. The van der Waals surface area contributed by atoms with Crippen molar-refractivity contribution in [1.29, 1.82) is 0 Å². The average Bonchev–Trinajstić information content (AvgIpc) is 2.41. The Morgan fingerprint density at radius 3 is 2.70 bits per heavy atom. The Morgan fingerprint density at radius 1 is 1.40 bits per heavy atom. The molecule has 0 radical (unpaired) electrons. The van der Waals surface area contributed by atoms with E-state index in [1.165, 1.54) is 11.4 Å². The molecule has 0 aliphatic heterocycles. The predicted molar refractivity (Wildman–Crippen MR) is 84.4 cm³/mol. The van der Waals surface area contributed by atoms with Crippen LogP contribution in [0, 0.1) is 0 Å². The van der Waals surface area contributed by atoms with Crippen LogP contribution in [0.15, 0.2) is 22.7 Å². The second-order valence-corrected chi connectivity index (χ2v) is 6.86. The van der Waals surface area contributed by atoms with Crippen molar-refractivity contribution in [2.75, 3.05) is 39.0 Å². The van der Waals surface area contributed by atoms with Gasteiger partial charge >= 0.3 is 10.2 Å². The van der Waals surface area contributed by atoms with Crippen molar-refractivity contribution < 1.29 is 13.2 Å². The number of methoxy groups -OCH3 is 1. The lowest BCUT2D eigenvalue weighted by Crippen LogP contribution is -2.34. The molecule has 0 spiro atoms. The SMILES string of the molecule is CNCCCN(C)S(=O)(=O)Nc1cc(OC)ccc1Br. The number of hydrogen-bond acceptors (Lipinski definition) is 4. The van der Waals surface area contributed by atoms with Gasteiger partial charge in [-0.05, 0) is 48.1 Å². The Balaban J connectivity index is 2.79. The van der Waals surface area contributed by atoms with Crippen molar-refractivity contribution in [2.45, 2.75) is 6.42 Å². The van der Waals surface area contributed by atoms with Gasteiger partial charge in [0.25, 0.3) is 0 Å². The van der Waals surface area contributed by atoms with E-state index in [-0.39, 0.29) is 0 Å². The van der Waals surface area contributed by atoms with Crippen molar-refractivity contribution in [3.05, 3.63) is 22.7 Å². The number of rotatable bonds is 8. The zero-order valence-corrected chi connectivity index (χ0v) is 14.2. The van der Waals surface area contributed by atoms with Gasteiger partial charge in [-0.1, -0.05) is 0 Å². The van der Waals surface area contributed by atoms with Crippen molar-refractivity contribution in [1.82, 2.24) is 9.62 Å². The first-order chi connectivity index (χ1) is 9.40. The van der Waals surface area contributed by atoms with Gasteiger partial charge in [-0.2, -0.15) is 12.7 Å². The van der Waals surface area contributed by atoms with Gasteiger partial charge in [0.05, 0.1) is 12.8 Å². The zero-order valence-electron chi connectivity index (χ0n) is 11.8. The molecule has 0 heterocycles. The third-order valence-corrected chi connectivity index (χ3v) is 4.90. The van der Waals surface area contributed by atoms with E-state index >= 15 is 0 Å². The molecule has 0 unspecified atom stereocenters. The van der Waals surface area contributed by atoms with Gasteiger partial charge < -0.3 is 10.1 Å². The fourth-order valence-corrected chi connectivity index (χ4v) is 2.97. The summed E-state index contributed by atoms with van der Waals surface area (Å²) in [5.41, 5.74) is 0.449. The van der Waals surface area contributed by atoms with Crippen LogP contribution in [0.3, 0.4) is 0 Å². The van der Waals surface area contributed by atoms with E-state index in [4.69, 9.17) is 4.74 Å². The van der Waals surface area contributed by atoms with Crippen LogP contribution in [-0.4, -0.2) is 47.0 Å². The lowest BCUT2D eigenvalue weighted by Gasteiger charge is -2.19. The summed E-state index contributed by atoms with van der Waals surface area (Å²) in [5, 5.41) is 2.98. The number of ether oxygens (including phenoxy) is 1. The summed E-state index contributed by atoms with van der Waals surface area (Å²) in [5.74, 6) is 0.587. The molecular weight excluding hydrogens is 346 g/mol. The Morgan fingerprint density at radius 2 is 2.10 bits per heavy atom. The van der Waals surface area contributed by atoms with Crippen LogP contribution < -0.4 is 14.8 Å². The van der Waals surface area contributed by atoms with E-state index in [2.05, 4.69) is 26.0 Å². The maximum absolute atomic E-state index is 12.2. The monoisotopic (exact) mass is 365 g/mol. The Bertz CT molecular complexity index is 537. The highest BCUT2D eigenvalue weighted by Crippen LogP contribution is 2.28. The number of nitrogens with zero attached hydrogens (tertiary/aromatic N) is 1. The zero-order chi connectivity index (χ0) is 15.2. The maximum atomic E-state index is 12.2. The number of nitrogens with one attached hydrogen (secondary N) is 2. The Labute approximate surface area is 128 Å². The molecule has 114 valence electrons. The Hall–Kier alpha value is -0.830. The summed E-state index contributed by atoms with van der Waals surface area (Å²) >= 11 is 3.31. The summed E-state index contributed by atoms with van der Waals surface area (Å²) in [6.07, 6.45) is 0.743. The largest absolute Gasteiger partial charge is 0.497 e. The lowest BCUT2D eigenvalue weighted by atomic mass is 10.3. The highest BCUT2D eigenvalue weighted by Gasteiger charge is 2.18. The molecule has 0 fully saturated rings. The minimum absolute atomic E-state index is 0.442. The minimum Gasteiger partial charge on any atom is -0.497 e. The van der Waals surface area contributed by atoms with E-state index in [0.29, 0.717) is 22.5 Å². The third-order valence-electron chi connectivity index (χ3n) is 2.72. The van der Waals surface area contributed by atoms with Crippen LogP contribution >= 0.6 is 15.9 Å². The van der Waals surface area contributed by atoms with Gasteiger partial charge in [0.1, 0.15) is 5.75 Å². The second-order valence-electron chi connectivity index (χ2n) is 4.23. The molecule has 0 bridgehead atoms. The van der Waals surface area contributed by atoms with E-state index in [1.54, 1.807) is 25.2 Å². The van der Waals surface area contributed by atoms with Gasteiger partial charge in [0.15, 0.2) is 0 Å². The normalized spacial score (nSPS) is 11.7. The first kappa shape index (κ1) is 17.2. The van der Waals surface area contributed by atoms with Crippen molar-refractivity contribution >= 4 is 31.8 Å². The van der Waals surface area contributed by atoms with Gasteiger partial charge in [-0.15, -0.1) is 0 Å². The first-order valence-corrected chi connectivity index (χ1v) is 8.36. The highest BCUT2D eigenvalue weighted by atomic mass is 79.9. The van der Waals surface area contributed by atoms with Crippen LogP contribution in [0.2, 0.25) is 0 Å². The van der Waals surface area contributed by atoms with Crippen LogP contribution in [0.25, 0.3) is 0 Å². The summed E-state index contributed by atoms with van der Waals surface area (Å²) in [4.78, 5) is 0. The van der Waals surface area contributed by atoms with Crippen molar-refractivity contribution in [3.8, 4) is 5.75 Å². The molecule has 1 aromatic rings. The molecule has 1 rings (SSSR count). The van der Waals surface area contributed by atoms with Crippen LogP contribution in [-0.2, 0) is 10.2 Å². The molecule has 0 aromatic heterocycles. The molecule has 2 N–H and O–H groups in total. The predicted octanol–water partition coefficient (Wildman–Crippen LogP) is 1.66. The molecule has 8 heteroatoms. The molecule has 1 aromatic carbocycles. The first-order valence-electron chi connectivity index (χ1n) is 6.13. The molecule has 0 aliphatic carbocycles. The summed E-state index contributed by atoms with van der Waals surface area (Å²) in [6, 6.07) is 5.11. The number of benzene rings is 1. The highest BCUT2D eigenvalue weighted by molar-refractivity contribution is 9.10. The molecular formula is C12H20BrN3O3S. The van der Waals surface area contributed by atoms with E-state index in [1.807, 2.05) is 7.05 Å². The number of hydrogen-bond donors (Lipinski definition) is 2. The quantitative estimate of drug-likeness (QED) is 0.687. The molecule has 6 nitrogen and oxygen atoms in total. The molecule has 0 aliphatic rings. The summed E-state index contributed by atoms with van der Waals surface area (Å²) in [7, 11) is 1.34. The van der Waals surface area contributed by atoms with Crippen molar-refractivity contribution in [3.63, 3.8) is 0 Å². The minimum atomic E-state index is -3.57. The fourth-order valence-electron chi connectivity index (χ4n) is 1.53. The topological polar surface area (TPSA) is 70.7 Å². The lowest BCUT2D eigenvalue weighted by molar-refractivity contribution is 0.415. The smallest absolute Gasteiger partial charge is 0.301 e. The van der Waals surface area contributed by atoms with Crippen LogP contribution in [0.5, 0.6) is 5.75 Å². The van der Waals surface area contributed by atoms with Crippen LogP contribution in [0.1, 0.15) is 6.42 Å². The molecule has 0 saturated carbocycles. The van der Waals surface area contributed by atoms with E-state index < -0.39 is 10.2 Å². The summed E-state index contributed by atoms with van der Waals surface area (Å²) < 4.78 is 33.9. The molecule has 20 heavy (non-hydrogen) atoms. The molecule has 0 atom stereocenters. The van der Waals surface area contributed by atoms with Gasteiger partial charge in [0, 0.05) is 24.1 Å². The maximum Gasteiger partial charge on any atom is 0.301 e. The molecule has 0 amide bonds. The Kier molecular flexibility index (Phi) is 6.74. The van der Waals surface area contributed by atoms with Gasteiger partial charge in [-0.25, -0.2) is 0 Å². The number of anilines is 1. The third kappa shape index (κ3) is 4.93. The van der Waals surface area contributed by atoms with Gasteiger partial charge in [-0.3, -0.25) is 4.72 Å². The average molecular weight is 366 g/mol. The van der Waals surface area contributed by atoms with Gasteiger partial charge in [0.2, 0.25) is 0 Å². The fraction of sp³-hybridized carbons (Fsp3) is 0.500. The molecule has 0 saturated heterocycles.